The van der Waals surface area contributed by atoms with E-state index in [2.05, 4.69) is 15.5 Å². The summed E-state index contributed by atoms with van der Waals surface area (Å²) in [5, 5.41) is 9.98. The van der Waals surface area contributed by atoms with Crippen molar-refractivity contribution in [2.75, 3.05) is 5.32 Å². The summed E-state index contributed by atoms with van der Waals surface area (Å²) in [6, 6.07) is 12.5. The Kier molecular flexibility index (Phi) is 4.09. The second kappa shape index (κ2) is 5.97. The number of anilines is 1. The van der Waals surface area contributed by atoms with E-state index in [9.17, 15) is 4.79 Å². The minimum atomic E-state index is -0.588. The van der Waals surface area contributed by atoms with Gasteiger partial charge >= 0.3 is 6.09 Å². The van der Waals surface area contributed by atoms with E-state index in [0.29, 0.717) is 0 Å². The summed E-state index contributed by atoms with van der Waals surface area (Å²) < 4.78 is 5.01. The SMILES string of the molecule is O=C(Nc1ccc(Cl)nn1)OCc1ccccc1. The molecule has 0 unspecified atom stereocenters. The van der Waals surface area contributed by atoms with E-state index < -0.39 is 6.09 Å². The van der Waals surface area contributed by atoms with Crippen LogP contribution < -0.4 is 5.32 Å². The molecule has 1 heterocycles. The van der Waals surface area contributed by atoms with Gasteiger partial charge in [0.05, 0.1) is 0 Å². The van der Waals surface area contributed by atoms with E-state index in [1.807, 2.05) is 30.3 Å². The maximum atomic E-state index is 11.4. The summed E-state index contributed by atoms with van der Waals surface area (Å²) in [6.45, 7) is 0.202. The molecule has 0 spiro atoms. The molecular formula is C12H10ClN3O2. The van der Waals surface area contributed by atoms with Crippen molar-refractivity contribution >= 4 is 23.5 Å². The van der Waals surface area contributed by atoms with Crippen molar-refractivity contribution in [3.63, 3.8) is 0 Å². The zero-order valence-electron chi connectivity index (χ0n) is 9.34. The molecule has 1 N–H and O–H groups in total. The molecule has 0 atom stereocenters. The van der Waals surface area contributed by atoms with Crippen LogP contribution in [0.5, 0.6) is 0 Å². The summed E-state index contributed by atoms with van der Waals surface area (Å²) in [4.78, 5) is 11.4. The molecule has 18 heavy (non-hydrogen) atoms. The normalized spacial score (nSPS) is 9.83. The van der Waals surface area contributed by atoms with E-state index in [0.717, 1.165) is 5.56 Å². The van der Waals surface area contributed by atoms with Crippen molar-refractivity contribution in [3.05, 3.63) is 53.2 Å². The van der Waals surface area contributed by atoms with Gasteiger partial charge in [0.25, 0.3) is 0 Å². The number of hydrogen-bond acceptors (Lipinski definition) is 4. The topological polar surface area (TPSA) is 64.1 Å². The maximum Gasteiger partial charge on any atom is 0.413 e. The molecule has 0 radical (unpaired) electrons. The van der Waals surface area contributed by atoms with Gasteiger partial charge in [-0.3, -0.25) is 5.32 Å². The first kappa shape index (κ1) is 12.3. The van der Waals surface area contributed by atoms with Gasteiger partial charge in [-0.05, 0) is 17.7 Å². The average molecular weight is 264 g/mol. The number of nitrogens with one attached hydrogen (secondary N) is 1. The zero-order chi connectivity index (χ0) is 12.8. The van der Waals surface area contributed by atoms with Crippen molar-refractivity contribution in [2.24, 2.45) is 0 Å². The average Bonchev–Trinajstić information content (AvgIpc) is 2.40. The van der Waals surface area contributed by atoms with Crippen LogP contribution in [-0.2, 0) is 11.3 Å². The molecule has 0 saturated heterocycles. The Bertz CT molecular complexity index is 517. The molecule has 0 fully saturated rings. The molecule has 6 heteroatoms. The Morgan fingerprint density at radius 1 is 1.17 bits per heavy atom. The largest absolute Gasteiger partial charge is 0.444 e. The molecule has 1 aromatic heterocycles. The van der Waals surface area contributed by atoms with E-state index in [1.165, 1.54) is 6.07 Å². The van der Waals surface area contributed by atoms with Gasteiger partial charge < -0.3 is 4.74 Å². The van der Waals surface area contributed by atoms with Crippen molar-refractivity contribution in [1.29, 1.82) is 0 Å². The number of carbonyl (C=O) groups is 1. The van der Waals surface area contributed by atoms with Crippen LogP contribution >= 0.6 is 11.6 Å². The van der Waals surface area contributed by atoms with Crippen LogP contribution in [0.15, 0.2) is 42.5 Å². The highest BCUT2D eigenvalue weighted by molar-refractivity contribution is 6.29. The van der Waals surface area contributed by atoms with Gasteiger partial charge in [0.1, 0.15) is 6.61 Å². The number of benzene rings is 1. The molecule has 1 aromatic carbocycles. The Labute approximate surface area is 109 Å². The Morgan fingerprint density at radius 2 is 1.94 bits per heavy atom. The second-order valence-electron chi connectivity index (χ2n) is 3.43. The van der Waals surface area contributed by atoms with Crippen LogP contribution in [0.1, 0.15) is 5.56 Å². The zero-order valence-corrected chi connectivity index (χ0v) is 10.1. The van der Waals surface area contributed by atoms with E-state index in [4.69, 9.17) is 16.3 Å². The molecule has 5 nitrogen and oxygen atoms in total. The van der Waals surface area contributed by atoms with Gasteiger partial charge in [-0.1, -0.05) is 41.9 Å². The van der Waals surface area contributed by atoms with Crippen molar-refractivity contribution < 1.29 is 9.53 Å². The maximum absolute atomic E-state index is 11.4. The highest BCUT2D eigenvalue weighted by Crippen LogP contribution is 2.07. The molecule has 92 valence electrons. The lowest BCUT2D eigenvalue weighted by molar-refractivity contribution is 0.155. The molecule has 1 amide bonds. The van der Waals surface area contributed by atoms with Crippen LogP contribution in [-0.4, -0.2) is 16.3 Å². The van der Waals surface area contributed by atoms with Crippen LogP contribution in [0.4, 0.5) is 10.6 Å². The Hall–Kier alpha value is -2.14. The lowest BCUT2D eigenvalue weighted by Gasteiger charge is -2.05. The minimum Gasteiger partial charge on any atom is -0.444 e. The Balaban J connectivity index is 1.84. The molecule has 0 aliphatic heterocycles. The van der Waals surface area contributed by atoms with Gasteiger partial charge in [-0.25, -0.2) is 4.79 Å². The fourth-order valence-corrected chi connectivity index (χ4v) is 1.35. The molecular weight excluding hydrogens is 254 g/mol. The van der Waals surface area contributed by atoms with E-state index >= 15 is 0 Å². The molecule has 2 aromatic rings. The van der Waals surface area contributed by atoms with Crippen LogP contribution in [0.2, 0.25) is 5.15 Å². The second-order valence-corrected chi connectivity index (χ2v) is 3.82. The lowest BCUT2D eigenvalue weighted by Crippen LogP contribution is -2.14. The first-order valence-corrected chi connectivity index (χ1v) is 5.59. The molecule has 0 aliphatic rings. The molecule has 2 rings (SSSR count). The summed E-state index contributed by atoms with van der Waals surface area (Å²) in [6.07, 6.45) is -0.588. The quantitative estimate of drug-likeness (QED) is 0.925. The molecule has 0 saturated carbocycles. The third-order valence-corrected chi connectivity index (χ3v) is 2.28. The van der Waals surface area contributed by atoms with E-state index in [-0.39, 0.29) is 17.6 Å². The number of hydrogen-bond donors (Lipinski definition) is 1. The molecule has 0 aliphatic carbocycles. The van der Waals surface area contributed by atoms with Crippen LogP contribution in [0, 0.1) is 0 Å². The highest BCUT2D eigenvalue weighted by atomic mass is 35.5. The smallest absolute Gasteiger partial charge is 0.413 e. The lowest BCUT2D eigenvalue weighted by atomic mass is 10.2. The number of carbonyl (C=O) groups excluding carboxylic acids is 1. The first-order chi connectivity index (χ1) is 8.74. The van der Waals surface area contributed by atoms with Gasteiger partial charge in [-0.2, -0.15) is 0 Å². The number of nitrogens with zero attached hydrogens (tertiary/aromatic N) is 2. The summed E-state index contributed by atoms with van der Waals surface area (Å²) in [5.41, 5.74) is 0.912. The third kappa shape index (κ3) is 3.71. The Morgan fingerprint density at radius 3 is 2.61 bits per heavy atom. The fourth-order valence-electron chi connectivity index (χ4n) is 1.25. The number of ether oxygens (including phenoxy) is 1. The van der Waals surface area contributed by atoms with Gasteiger partial charge in [-0.15, -0.1) is 10.2 Å². The minimum absolute atomic E-state index is 0.202. The van der Waals surface area contributed by atoms with Crippen molar-refractivity contribution in [3.8, 4) is 0 Å². The fraction of sp³-hybridized carbons (Fsp3) is 0.0833. The standard InChI is InChI=1S/C12H10ClN3O2/c13-10-6-7-11(16-15-10)14-12(17)18-8-9-4-2-1-3-5-9/h1-7H,8H2,(H,14,16,17). The van der Waals surface area contributed by atoms with Gasteiger partial charge in [0, 0.05) is 0 Å². The number of halogens is 1. The third-order valence-electron chi connectivity index (χ3n) is 2.07. The monoisotopic (exact) mass is 263 g/mol. The van der Waals surface area contributed by atoms with Crippen molar-refractivity contribution in [1.82, 2.24) is 10.2 Å². The van der Waals surface area contributed by atoms with Gasteiger partial charge in [0.15, 0.2) is 11.0 Å². The number of rotatable bonds is 3. The molecule has 0 bridgehead atoms. The number of amides is 1. The van der Waals surface area contributed by atoms with Crippen LogP contribution in [0.3, 0.4) is 0 Å². The highest BCUT2D eigenvalue weighted by Gasteiger charge is 2.04. The first-order valence-electron chi connectivity index (χ1n) is 5.21. The summed E-state index contributed by atoms with van der Waals surface area (Å²) >= 11 is 5.57. The number of aromatic nitrogens is 2. The van der Waals surface area contributed by atoms with Crippen molar-refractivity contribution in [2.45, 2.75) is 6.61 Å². The van der Waals surface area contributed by atoms with Crippen LogP contribution in [0.25, 0.3) is 0 Å². The predicted octanol–water partition coefficient (Wildman–Crippen LogP) is 2.88. The van der Waals surface area contributed by atoms with E-state index in [1.54, 1.807) is 6.07 Å². The summed E-state index contributed by atoms with van der Waals surface area (Å²) in [7, 11) is 0. The summed E-state index contributed by atoms with van der Waals surface area (Å²) in [5.74, 6) is 0.289. The van der Waals surface area contributed by atoms with Gasteiger partial charge in [0.2, 0.25) is 0 Å². The predicted molar refractivity (Wildman–Crippen MR) is 67.3 cm³/mol.